The summed E-state index contributed by atoms with van der Waals surface area (Å²) in [4.78, 5) is 1.92. The van der Waals surface area contributed by atoms with Crippen LogP contribution in [0.15, 0.2) is 4.34 Å². The summed E-state index contributed by atoms with van der Waals surface area (Å²) >= 11 is 3.11. The molecule has 0 aliphatic carbocycles. The SMILES string of the molecule is CCNC(C#N)CSc1nnc(N(C)C)s1. The fourth-order valence-corrected chi connectivity index (χ4v) is 2.75. The van der Waals surface area contributed by atoms with Gasteiger partial charge in [-0.1, -0.05) is 30.0 Å². The first-order valence-corrected chi connectivity index (χ1v) is 6.74. The van der Waals surface area contributed by atoms with E-state index in [-0.39, 0.29) is 6.04 Å². The molecule has 0 radical (unpaired) electrons. The van der Waals surface area contributed by atoms with Crippen molar-refractivity contribution in [1.29, 1.82) is 5.26 Å². The van der Waals surface area contributed by atoms with Crippen molar-refractivity contribution in [2.45, 2.75) is 17.3 Å². The lowest BCUT2D eigenvalue weighted by Gasteiger charge is -2.07. The smallest absolute Gasteiger partial charge is 0.208 e. The lowest BCUT2D eigenvalue weighted by molar-refractivity contribution is 0.677. The van der Waals surface area contributed by atoms with E-state index in [0.29, 0.717) is 5.75 Å². The number of anilines is 1. The van der Waals surface area contributed by atoms with Gasteiger partial charge in [0.25, 0.3) is 0 Å². The molecule has 1 atom stereocenters. The first kappa shape index (κ1) is 13.2. The molecule has 7 heteroatoms. The molecular formula is C9H15N5S2. The van der Waals surface area contributed by atoms with Crippen LogP contribution in [0, 0.1) is 11.3 Å². The zero-order valence-electron chi connectivity index (χ0n) is 9.60. The predicted octanol–water partition coefficient (Wildman–Crippen LogP) is 1.20. The van der Waals surface area contributed by atoms with Gasteiger partial charge in [-0.05, 0) is 6.54 Å². The van der Waals surface area contributed by atoms with Crippen LogP contribution in [0.5, 0.6) is 0 Å². The Hall–Kier alpha value is -0.840. The van der Waals surface area contributed by atoms with Crippen molar-refractivity contribution in [3.8, 4) is 6.07 Å². The van der Waals surface area contributed by atoms with Crippen LogP contribution in [0.25, 0.3) is 0 Å². The Kier molecular flexibility index (Phi) is 5.52. The van der Waals surface area contributed by atoms with E-state index in [1.807, 2.05) is 25.9 Å². The molecule has 0 aliphatic rings. The normalized spacial score (nSPS) is 12.1. The molecule has 16 heavy (non-hydrogen) atoms. The minimum absolute atomic E-state index is 0.123. The van der Waals surface area contributed by atoms with Crippen molar-refractivity contribution in [1.82, 2.24) is 15.5 Å². The minimum Gasteiger partial charge on any atom is -0.353 e. The zero-order chi connectivity index (χ0) is 12.0. The lowest BCUT2D eigenvalue weighted by Crippen LogP contribution is -2.29. The van der Waals surface area contributed by atoms with E-state index in [1.54, 1.807) is 23.1 Å². The summed E-state index contributed by atoms with van der Waals surface area (Å²) in [5, 5.41) is 20.9. The third-order valence-electron chi connectivity index (χ3n) is 1.76. The molecular weight excluding hydrogens is 242 g/mol. The van der Waals surface area contributed by atoms with Gasteiger partial charge in [-0.15, -0.1) is 10.2 Å². The second kappa shape index (κ2) is 6.68. The molecule has 0 aliphatic heterocycles. The van der Waals surface area contributed by atoms with Gasteiger partial charge in [-0.2, -0.15) is 5.26 Å². The van der Waals surface area contributed by atoms with Crippen LogP contribution in [0.3, 0.4) is 0 Å². The van der Waals surface area contributed by atoms with E-state index in [1.165, 1.54) is 0 Å². The average Bonchev–Trinajstić information content (AvgIpc) is 2.73. The molecule has 1 N–H and O–H groups in total. The fourth-order valence-electron chi connectivity index (χ4n) is 0.984. The van der Waals surface area contributed by atoms with E-state index >= 15 is 0 Å². The fraction of sp³-hybridized carbons (Fsp3) is 0.667. The van der Waals surface area contributed by atoms with Crippen LogP contribution in [0.4, 0.5) is 5.13 Å². The number of hydrogen-bond acceptors (Lipinski definition) is 7. The second-order valence-electron chi connectivity index (χ2n) is 3.30. The molecule has 1 aromatic rings. The summed E-state index contributed by atoms with van der Waals surface area (Å²) < 4.78 is 0.904. The Morgan fingerprint density at radius 2 is 2.31 bits per heavy atom. The van der Waals surface area contributed by atoms with E-state index in [0.717, 1.165) is 16.0 Å². The van der Waals surface area contributed by atoms with Crippen molar-refractivity contribution in [3.63, 3.8) is 0 Å². The number of rotatable bonds is 6. The van der Waals surface area contributed by atoms with Crippen molar-refractivity contribution in [2.24, 2.45) is 0 Å². The summed E-state index contributed by atoms with van der Waals surface area (Å²) in [7, 11) is 3.87. The first-order chi connectivity index (χ1) is 7.67. The molecule has 88 valence electrons. The highest BCUT2D eigenvalue weighted by atomic mass is 32.2. The van der Waals surface area contributed by atoms with Gasteiger partial charge in [0.05, 0.1) is 6.07 Å². The number of hydrogen-bond donors (Lipinski definition) is 1. The van der Waals surface area contributed by atoms with Gasteiger partial charge in [0.2, 0.25) is 5.13 Å². The van der Waals surface area contributed by atoms with Crippen molar-refractivity contribution < 1.29 is 0 Å². The zero-order valence-corrected chi connectivity index (χ0v) is 11.2. The predicted molar refractivity (Wildman–Crippen MR) is 68.0 cm³/mol. The van der Waals surface area contributed by atoms with E-state index in [9.17, 15) is 0 Å². The highest BCUT2D eigenvalue weighted by Crippen LogP contribution is 2.26. The summed E-state index contributed by atoms with van der Waals surface area (Å²) in [6.07, 6.45) is 0. The minimum atomic E-state index is -0.123. The molecule has 1 rings (SSSR count). The van der Waals surface area contributed by atoms with Gasteiger partial charge in [-0.3, -0.25) is 0 Å². The summed E-state index contributed by atoms with van der Waals surface area (Å²) in [6.45, 7) is 2.79. The van der Waals surface area contributed by atoms with E-state index < -0.39 is 0 Å². The van der Waals surface area contributed by atoms with Gasteiger partial charge in [0.1, 0.15) is 6.04 Å². The van der Waals surface area contributed by atoms with Gasteiger partial charge < -0.3 is 10.2 Å². The van der Waals surface area contributed by atoms with Gasteiger partial charge in [-0.25, -0.2) is 0 Å². The Balaban J connectivity index is 2.45. The Bertz CT molecular complexity index is 357. The summed E-state index contributed by atoms with van der Waals surface area (Å²) in [6, 6.07) is 2.09. The molecule has 0 bridgehead atoms. The monoisotopic (exact) mass is 257 g/mol. The Morgan fingerprint density at radius 3 is 2.81 bits per heavy atom. The maximum absolute atomic E-state index is 8.86. The molecule has 1 heterocycles. The molecule has 5 nitrogen and oxygen atoms in total. The van der Waals surface area contributed by atoms with Crippen LogP contribution < -0.4 is 10.2 Å². The van der Waals surface area contributed by atoms with E-state index in [4.69, 9.17) is 5.26 Å². The number of aromatic nitrogens is 2. The Labute approximate surface area is 104 Å². The van der Waals surface area contributed by atoms with Crippen molar-refractivity contribution in [2.75, 3.05) is 31.3 Å². The van der Waals surface area contributed by atoms with Gasteiger partial charge in [0.15, 0.2) is 4.34 Å². The second-order valence-corrected chi connectivity index (χ2v) is 5.52. The van der Waals surface area contributed by atoms with Crippen LogP contribution in [0.1, 0.15) is 6.92 Å². The highest BCUT2D eigenvalue weighted by Gasteiger charge is 2.10. The van der Waals surface area contributed by atoms with Crippen LogP contribution in [-0.2, 0) is 0 Å². The average molecular weight is 257 g/mol. The lowest BCUT2D eigenvalue weighted by atomic mass is 10.4. The van der Waals surface area contributed by atoms with Crippen molar-refractivity contribution >= 4 is 28.2 Å². The Morgan fingerprint density at radius 1 is 1.56 bits per heavy atom. The topological polar surface area (TPSA) is 64.8 Å². The first-order valence-electron chi connectivity index (χ1n) is 4.94. The highest BCUT2D eigenvalue weighted by molar-refractivity contribution is 8.01. The molecule has 0 fully saturated rings. The maximum atomic E-state index is 8.86. The van der Waals surface area contributed by atoms with Crippen LogP contribution in [0.2, 0.25) is 0 Å². The van der Waals surface area contributed by atoms with Crippen molar-refractivity contribution in [3.05, 3.63) is 0 Å². The maximum Gasteiger partial charge on any atom is 0.208 e. The number of nitriles is 1. The quantitative estimate of drug-likeness (QED) is 0.773. The molecule has 1 aromatic heterocycles. The molecule has 0 spiro atoms. The third-order valence-corrected chi connectivity index (χ3v) is 4.08. The van der Waals surface area contributed by atoms with Gasteiger partial charge >= 0.3 is 0 Å². The van der Waals surface area contributed by atoms with Crippen LogP contribution >= 0.6 is 23.1 Å². The summed E-state index contributed by atoms with van der Waals surface area (Å²) in [5.74, 6) is 0.701. The number of nitrogens with zero attached hydrogens (tertiary/aromatic N) is 4. The number of thioether (sulfide) groups is 1. The molecule has 0 amide bonds. The largest absolute Gasteiger partial charge is 0.353 e. The molecule has 1 unspecified atom stereocenters. The van der Waals surface area contributed by atoms with Crippen LogP contribution in [-0.4, -0.2) is 42.6 Å². The summed E-state index contributed by atoms with van der Waals surface area (Å²) in [5.41, 5.74) is 0. The molecule has 0 aromatic carbocycles. The number of nitrogens with one attached hydrogen (secondary N) is 1. The van der Waals surface area contributed by atoms with E-state index in [2.05, 4.69) is 21.6 Å². The standard InChI is InChI=1S/C9H15N5S2/c1-4-11-7(5-10)6-15-9-13-12-8(16-9)14(2)3/h7,11H,4,6H2,1-3H3. The molecule has 0 saturated carbocycles. The van der Waals surface area contributed by atoms with Gasteiger partial charge in [0, 0.05) is 19.8 Å². The third kappa shape index (κ3) is 3.96. The molecule has 0 saturated heterocycles.